The van der Waals surface area contributed by atoms with Gasteiger partial charge in [-0.3, -0.25) is 0 Å². The molecule has 6 rings (SSSR count). The summed E-state index contributed by atoms with van der Waals surface area (Å²) < 4.78 is 0. The van der Waals surface area contributed by atoms with Crippen LogP contribution < -0.4 is 0 Å². The van der Waals surface area contributed by atoms with Gasteiger partial charge in [0.25, 0.3) is 0 Å². The normalized spacial score (nSPS) is 22.4. The number of fused-ring (bicyclic) bond motifs is 3. The van der Waals surface area contributed by atoms with Gasteiger partial charge in [-0.2, -0.15) is 0 Å². The van der Waals surface area contributed by atoms with E-state index >= 15 is 0 Å². The second kappa shape index (κ2) is 8.72. The van der Waals surface area contributed by atoms with Crippen LogP contribution >= 0.6 is 0 Å². The van der Waals surface area contributed by atoms with Gasteiger partial charge in [0.15, 0.2) is 0 Å². The highest BCUT2D eigenvalue weighted by atomic mass is 14.7. The minimum atomic E-state index is 0.448. The maximum absolute atomic E-state index is 3.80. The summed E-state index contributed by atoms with van der Waals surface area (Å²) in [5.41, 5.74) is 15.9. The van der Waals surface area contributed by atoms with E-state index in [2.05, 4.69) is 106 Å². The minimum absolute atomic E-state index is 0.448. The van der Waals surface area contributed by atoms with Crippen molar-refractivity contribution in [3.8, 4) is 0 Å². The molecule has 2 aromatic carbocycles. The van der Waals surface area contributed by atoms with E-state index in [1.165, 1.54) is 62.0 Å². The molecule has 1 aromatic heterocycles. The van der Waals surface area contributed by atoms with Crippen LogP contribution in [0.25, 0.3) is 22.0 Å². The van der Waals surface area contributed by atoms with Crippen molar-refractivity contribution in [2.75, 3.05) is 0 Å². The third kappa shape index (κ3) is 3.60. The van der Waals surface area contributed by atoms with Crippen molar-refractivity contribution in [3.63, 3.8) is 0 Å². The zero-order valence-corrected chi connectivity index (χ0v) is 21.4. The Morgan fingerprint density at radius 1 is 0.800 bits per heavy atom. The smallest absolute Gasteiger partial charge is 0.0461 e. The molecule has 0 fully saturated rings. The second-order valence-electron chi connectivity index (χ2n) is 10.7. The number of aromatic nitrogens is 1. The minimum Gasteiger partial charge on any atom is -0.355 e. The summed E-state index contributed by atoms with van der Waals surface area (Å²) in [5, 5.41) is 1.39. The maximum Gasteiger partial charge on any atom is 0.0461 e. The Labute approximate surface area is 209 Å². The van der Waals surface area contributed by atoms with Gasteiger partial charge in [0, 0.05) is 16.6 Å². The van der Waals surface area contributed by atoms with Gasteiger partial charge < -0.3 is 4.98 Å². The molecular formula is C34H35N. The van der Waals surface area contributed by atoms with E-state index in [1.54, 1.807) is 11.1 Å². The van der Waals surface area contributed by atoms with Gasteiger partial charge in [-0.05, 0) is 116 Å². The Morgan fingerprint density at radius 3 is 2.43 bits per heavy atom. The highest BCUT2D eigenvalue weighted by Gasteiger charge is 2.37. The number of H-pyrrole nitrogens is 1. The summed E-state index contributed by atoms with van der Waals surface area (Å²) >= 11 is 0. The van der Waals surface area contributed by atoms with Gasteiger partial charge in [-0.1, -0.05) is 72.3 Å². The quantitative estimate of drug-likeness (QED) is 0.403. The molecule has 2 unspecified atom stereocenters. The topological polar surface area (TPSA) is 15.8 Å². The van der Waals surface area contributed by atoms with Gasteiger partial charge in [0.05, 0.1) is 0 Å². The third-order valence-electron chi connectivity index (χ3n) is 8.58. The van der Waals surface area contributed by atoms with Crippen LogP contribution in [-0.4, -0.2) is 4.98 Å². The summed E-state index contributed by atoms with van der Waals surface area (Å²) in [6.07, 6.45) is 14.1. The molecule has 1 heteroatoms. The number of aryl methyl sites for hydroxylation is 1. The van der Waals surface area contributed by atoms with Crippen LogP contribution in [0, 0.1) is 18.8 Å². The first kappa shape index (κ1) is 22.2. The molecule has 0 spiro atoms. The summed E-state index contributed by atoms with van der Waals surface area (Å²) in [7, 11) is 0. The van der Waals surface area contributed by atoms with Crippen LogP contribution in [0.5, 0.6) is 0 Å². The Balaban J connectivity index is 1.59. The van der Waals surface area contributed by atoms with Gasteiger partial charge in [-0.15, -0.1) is 0 Å². The van der Waals surface area contributed by atoms with Gasteiger partial charge in [-0.25, -0.2) is 0 Å². The Hall–Kier alpha value is -3.32. The number of hydrogen-bond acceptors (Lipinski definition) is 0. The van der Waals surface area contributed by atoms with Gasteiger partial charge in [0.2, 0.25) is 0 Å². The monoisotopic (exact) mass is 457 g/mol. The molecule has 1 nitrogen and oxygen atoms in total. The highest BCUT2D eigenvalue weighted by Crippen LogP contribution is 2.51. The number of hydrogen-bond donors (Lipinski definition) is 1. The second-order valence-corrected chi connectivity index (χ2v) is 10.7. The fraction of sp³-hybridized carbons (Fsp3) is 0.294. The molecule has 3 aromatic rings. The van der Waals surface area contributed by atoms with E-state index in [-0.39, 0.29) is 0 Å². The van der Waals surface area contributed by atoms with Crippen molar-refractivity contribution in [1.29, 1.82) is 0 Å². The summed E-state index contributed by atoms with van der Waals surface area (Å²) in [4.78, 5) is 3.80. The summed E-state index contributed by atoms with van der Waals surface area (Å²) in [6, 6.07) is 17.8. The summed E-state index contributed by atoms with van der Waals surface area (Å²) in [6.45, 7) is 9.29. The third-order valence-corrected chi connectivity index (χ3v) is 8.58. The van der Waals surface area contributed by atoms with Crippen LogP contribution in [0.15, 0.2) is 95.1 Å². The molecule has 1 N–H and O–H groups in total. The lowest BCUT2D eigenvalue weighted by Gasteiger charge is -2.39. The van der Waals surface area contributed by atoms with Crippen molar-refractivity contribution in [2.24, 2.45) is 11.8 Å². The van der Waals surface area contributed by atoms with Crippen LogP contribution in [0.1, 0.15) is 62.4 Å². The molecule has 0 saturated carbocycles. The van der Waals surface area contributed by atoms with Crippen molar-refractivity contribution >= 4 is 22.0 Å². The summed E-state index contributed by atoms with van der Waals surface area (Å²) in [5.74, 6) is 0.910. The molecule has 3 aliphatic rings. The molecule has 0 amide bonds. The Kier molecular flexibility index (Phi) is 5.52. The Bertz CT molecular complexity index is 1480. The predicted molar refractivity (Wildman–Crippen MR) is 150 cm³/mol. The van der Waals surface area contributed by atoms with Crippen molar-refractivity contribution < 1.29 is 0 Å². The van der Waals surface area contributed by atoms with Crippen molar-refractivity contribution in [2.45, 2.75) is 53.4 Å². The zero-order chi connectivity index (χ0) is 24.1. The van der Waals surface area contributed by atoms with Crippen molar-refractivity contribution in [1.82, 2.24) is 4.98 Å². The lowest BCUT2D eigenvalue weighted by atomic mass is 9.65. The first-order valence-corrected chi connectivity index (χ1v) is 13.1. The zero-order valence-electron chi connectivity index (χ0n) is 21.4. The number of rotatable bonds is 3. The molecule has 2 atom stereocenters. The van der Waals surface area contributed by atoms with Crippen LogP contribution in [0.3, 0.4) is 0 Å². The van der Waals surface area contributed by atoms with E-state index in [0.29, 0.717) is 11.8 Å². The Morgan fingerprint density at radius 2 is 1.60 bits per heavy atom. The first-order valence-electron chi connectivity index (χ1n) is 13.1. The van der Waals surface area contributed by atoms with Crippen LogP contribution in [-0.2, 0) is 6.42 Å². The van der Waals surface area contributed by atoms with E-state index in [1.807, 2.05) is 0 Å². The fourth-order valence-electron chi connectivity index (χ4n) is 6.85. The average molecular weight is 458 g/mol. The molecule has 176 valence electrons. The molecule has 0 saturated heterocycles. The number of nitrogens with one attached hydrogen (secondary N) is 1. The van der Waals surface area contributed by atoms with Crippen LogP contribution in [0.2, 0.25) is 0 Å². The number of para-hydroxylation sites is 1. The van der Waals surface area contributed by atoms with E-state index < -0.39 is 0 Å². The molecule has 0 bridgehead atoms. The number of allylic oxidation sites excluding steroid dienone is 10. The molecule has 0 radical (unpaired) electrons. The number of aromatic amines is 1. The van der Waals surface area contributed by atoms with Crippen molar-refractivity contribution in [3.05, 3.63) is 118 Å². The SMILES string of the molecule is CC1=C(c2ccccc2C)C(C2Cc3c([nH]c4ccccc34)C(C)=C2C2=C(C)CCC=C2)CC=C1. The fourth-order valence-corrected chi connectivity index (χ4v) is 6.85. The molecule has 3 aliphatic carbocycles. The lowest BCUT2D eigenvalue weighted by Crippen LogP contribution is -2.27. The molecule has 0 aliphatic heterocycles. The van der Waals surface area contributed by atoms with E-state index in [0.717, 1.165) is 19.3 Å². The van der Waals surface area contributed by atoms with Gasteiger partial charge >= 0.3 is 0 Å². The molecule has 35 heavy (non-hydrogen) atoms. The van der Waals surface area contributed by atoms with E-state index in [4.69, 9.17) is 0 Å². The number of benzene rings is 2. The van der Waals surface area contributed by atoms with Gasteiger partial charge in [0.1, 0.15) is 0 Å². The first-order chi connectivity index (χ1) is 17.0. The average Bonchev–Trinajstić information content (AvgIpc) is 3.24. The molecular weight excluding hydrogens is 422 g/mol. The standard InChI is InChI=1S/C34H35N/c1-21-12-5-7-15-25(21)32-23(3)14-11-18-28(32)29-20-30-27-17-9-10-19-31(27)35-34(30)24(4)33(29)26-16-8-6-13-22(26)2/h5,7-12,14-17,19,28-29,35H,6,13,18,20H2,1-4H3. The molecule has 1 heterocycles. The van der Waals surface area contributed by atoms with Crippen LogP contribution in [0.4, 0.5) is 0 Å². The highest BCUT2D eigenvalue weighted by molar-refractivity contribution is 5.92. The maximum atomic E-state index is 3.80. The van der Waals surface area contributed by atoms with E-state index in [9.17, 15) is 0 Å². The predicted octanol–water partition coefficient (Wildman–Crippen LogP) is 9.14. The largest absolute Gasteiger partial charge is 0.355 e. The lowest BCUT2D eigenvalue weighted by molar-refractivity contribution is 0.462.